The van der Waals surface area contributed by atoms with E-state index in [9.17, 15) is 0 Å². The Morgan fingerprint density at radius 1 is 1.14 bits per heavy atom. The molecule has 0 aliphatic rings. The number of nitrogens with two attached hydrogens (primary N) is 1. The van der Waals surface area contributed by atoms with E-state index in [-0.39, 0.29) is 0 Å². The summed E-state index contributed by atoms with van der Waals surface area (Å²) in [7, 11) is 0. The topological polar surface area (TPSA) is 48.1 Å². The fourth-order valence-electron chi connectivity index (χ4n) is 2.11. The molecule has 21 heavy (non-hydrogen) atoms. The third-order valence-corrected chi connectivity index (χ3v) is 4.11. The normalized spacial score (nSPS) is 10.5. The SMILES string of the molecule is Cc1ccc(OCc2ccccc2)cc1-c1cnc(N)s1. The van der Waals surface area contributed by atoms with Gasteiger partial charge in [0.25, 0.3) is 0 Å². The summed E-state index contributed by atoms with van der Waals surface area (Å²) in [4.78, 5) is 5.18. The van der Waals surface area contributed by atoms with Crippen molar-refractivity contribution in [1.29, 1.82) is 0 Å². The number of rotatable bonds is 4. The lowest BCUT2D eigenvalue weighted by Gasteiger charge is -2.09. The van der Waals surface area contributed by atoms with E-state index in [1.807, 2.05) is 36.5 Å². The average molecular weight is 296 g/mol. The lowest BCUT2D eigenvalue weighted by molar-refractivity contribution is 0.306. The summed E-state index contributed by atoms with van der Waals surface area (Å²) in [5.41, 5.74) is 9.18. The van der Waals surface area contributed by atoms with Crippen molar-refractivity contribution >= 4 is 16.5 Å². The number of benzene rings is 2. The van der Waals surface area contributed by atoms with Crippen LogP contribution in [-0.4, -0.2) is 4.98 Å². The molecule has 0 atom stereocenters. The molecule has 3 nitrogen and oxygen atoms in total. The number of ether oxygens (including phenoxy) is 1. The molecule has 1 aromatic heterocycles. The van der Waals surface area contributed by atoms with Crippen LogP contribution < -0.4 is 10.5 Å². The third-order valence-electron chi connectivity index (χ3n) is 3.25. The number of hydrogen-bond donors (Lipinski definition) is 1. The molecule has 4 heteroatoms. The van der Waals surface area contributed by atoms with E-state index < -0.39 is 0 Å². The van der Waals surface area contributed by atoms with Gasteiger partial charge in [0.1, 0.15) is 12.4 Å². The highest BCUT2D eigenvalue weighted by Crippen LogP contribution is 2.32. The van der Waals surface area contributed by atoms with Gasteiger partial charge in [-0.3, -0.25) is 0 Å². The highest BCUT2D eigenvalue weighted by molar-refractivity contribution is 7.18. The molecule has 2 aromatic carbocycles. The quantitative estimate of drug-likeness (QED) is 0.781. The second kappa shape index (κ2) is 5.97. The van der Waals surface area contributed by atoms with Crippen molar-refractivity contribution in [3.8, 4) is 16.2 Å². The van der Waals surface area contributed by atoms with Crippen LogP contribution in [0.1, 0.15) is 11.1 Å². The number of aromatic nitrogens is 1. The van der Waals surface area contributed by atoms with Gasteiger partial charge in [-0.1, -0.05) is 47.7 Å². The highest BCUT2D eigenvalue weighted by atomic mass is 32.1. The van der Waals surface area contributed by atoms with Crippen molar-refractivity contribution in [3.63, 3.8) is 0 Å². The van der Waals surface area contributed by atoms with Crippen LogP contribution in [0.2, 0.25) is 0 Å². The molecule has 0 spiro atoms. The van der Waals surface area contributed by atoms with E-state index in [4.69, 9.17) is 10.5 Å². The molecule has 0 aliphatic carbocycles. The largest absolute Gasteiger partial charge is 0.489 e. The molecule has 3 aromatic rings. The summed E-state index contributed by atoms with van der Waals surface area (Å²) >= 11 is 1.49. The number of aryl methyl sites for hydroxylation is 1. The predicted octanol–water partition coefficient (Wildman–Crippen LogP) is 4.28. The Bertz CT molecular complexity index is 738. The van der Waals surface area contributed by atoms with E-state index in [0.717, 1.165) is 21.8 Å². The zero-order valence-electron chi connectivity index (χ0n) is 11.7. The van der Waals surface area contributed by atoms with Gasteiger partial charge in [-0.05, 0) is 35.7 Å². The Hall–Kier alpha value is -2.33. The molecule has 0 aliphatic heterocycles. The standard InChI is InChI=1S/C17H16N2OS/c1-12-7-8-14(20-11-13-5-3-2-4-6-13)9-15(12)16-10-19-17(18)21-16/h2-10H,11H2,1H3,(H2,18,19). The van der Waals surface area contributed by atoms with Gasteiger partial charge in [-0.15, -0.1) is 0 Å². The highest BCUT2D eigenvalue weighted by Gasteiger charge is 2.07. The lowest BCUT2D eigenvalue weighted by atomic mass is 10.1. The number of thiazole rings is 1. The van der Waals surface area contributed by atoms with Crippen LogP contribution in [0.4, 0.5) is 5.13 Å². The van der Waals surface area contributed by atoms with Crippen LogP contribution in [-0.2, 0) is 6.61 Å². The Balaban J connectivity index is 1.81. The maximum absolute atomic E-state index is 5.87. The van der Waals surface area contributed by atoms with Crippen molar-refractivity contribution in [2.75, 3.05) is 5.73 Å². The molecule has 1 heterocycles. The van der Waals surface area contributed by atoms with E-state index in [2.05, 4.69) is 30.1 Å². The van der Waals surface area contributed by atoms with Gasteiger partial charge in [0, 0.05) is 6.20 Å². The molecule has 0 amide bonds. The van der Waals surface area contributed by atoms with Crippen molar-refractivity contribution in [2.24, 2.45) is 0 Å². The molecular formula is C17H16N2OS. The fraction of sp³-hybridized carbons (Fsp3) is 0.118. The zero-order chi connectivity index (χ0) is 14.7. The number of anilines is 1. The molecule has 0 saturated carbocycles. The van der Waals surface area contributed by atoms with Crippen molar-refractivity contribution in [3.05, 3.63) is 65.9 Å². The van der Waals surface area contributed by atoms with Gasteiger partial charge in [0.05, 0.1) is 4.88 Å². The first-order valence-corrected chi connectivity index (χ1v) is 7.53. The molecule has 0 unspecified atom stereocenters. The molecule has 0 fully saturated rings. The predicted molar refractivity (Wildman–Crippen MR) is 87.5 cm³/mol. The summed E-state index contributed by atoms with van der Waals surface area (Å²) in [5, 5.41) is 0.583. The van der Waals surface area contributed by atoms with E-state index in [1.54, 1.807) is 0 Å². The van der Waals surface area contributed by atoms with E-state index in [1.165, 1.54) is 16.9 Å². The number of hydrogen-bond acceptors (Lipinski definition) is 4. The van der Waals surface area contributed by atoms with Crippen LogP contribution in [0.3, 0.4) is 0 Å². The first-order chi connectivity index (χ1) is 10.2. The van der Waals surface area contributed by atoms with Gasteiger partial charge in [-0.25, -0.2) is 4.98 Å². The second-order valence-electron chi connectivity index (χ2n) is 4.81. The minimum atomic E-state index is 0.564. The van der Waals surface area contributed by atoms with Crippen molar-refractivity contribution < 1.29 is 4.74 Å². The molecule has 106 valence electrons. The Morgan fingerprint density at radius 2 is 1.95 bits per heavy atom. The van der Waals surface area contributed by atoms with Crippen LogP contribution in [0.25, 0.3) is 10.4 Å². The molecule has 0 bridgehead atoms. The number of nitrogen functional groups attached to an aromatic ring is 1. The van der Waals surface area contributed by atoms with Crippen LogP contribution in [0.5, 0.6) is 5.75 Å². The van der Waals surface area contributed by atoms with Gasteiger partial charge < -0.3 is 10.5 Å². The molecule has 0 radical (unpaired) electrons. The Kier molecular flexibility index (Phi) is 3.88. The summed E-state index contributed by atoms with van der Waals surface area (Å²) in [5.74, 6) is 0.853. The van der Waals surface area contributed by atoms with Gasteiger partial charge in [-0.2, -0.15) is 0 Å². The summed E-state index contributed by atoms with van der Waals surface area (Å²) in [6, 6.07) is 16.2. The smallest absolute Gasteiger partial charge is 0.180 e. The summed E-state index contributed by atoms with van der Waals surface area (Å²) in [6.45, 7) is 2.64. The molecule has 2 N–H and O–H groups in total. The maximum atomic E-state index is 5.87. The Morgan fingerprint density at radius 3 is 2.67 bits per heavy atom. The third kappa shape index (κ3) is 3.23. The monoisotopic (exact) mass is 296 g/mol. The summed E-state index contributed by atoms with van der Waals surface area (Å²) < 4.78 is 5.87. The van der Waals surface area contributed by atoms with Gasteiger partial charge >= 0.3 is 0 Å². The minimum Gasteiger partial charge on any atom is -0.489 e. The first-order valence-electron chi connectivity index (χ1n) is 6.71. The van der Waals surface area contributed by atoms with Gasteiger partial charge in [0.2, 0.25) is 0 Å². The molecule has 3 rings (SSSR count). The van der Waals surface area contributed by atoms with Crippen LogP contribution in [0.15, 0.2) is 54.7 Å². The molecular weight excluding hydrogens is 280 g/mol. The Labute approximate surface area is 128 Å². The van der Waals surface area contributed by atoms with Crippen molar-refractivity contribution in [1.82, 2.24) is 4.98 Å². The first kappa shape index (κ1) is 13.6. The lowest BCUT2D eigenvalue weighted by Crippen LogP contribution is -1.95. The average Bonchev–Trinajstić information content (AvgIpc) is 2.94. The minimum absolute atomic E-state index is 0.564. The number of nitrogens with zero attached hydrogens (tertiary/aromatic N) is 1. The second-order valence-corrected chi connectivity index (χ2v) is 5.88. The zero-order valence-corrected chi connectivity index (χ0v) is 12.6. The molecule has 0 saturated heterocycles. The maximum Gasteiger partial charge on any atom is 0.180 e. The summed E-state index contributed by atoms with van der Waals surface area (Å²) in [6.07, 6.45) is 1.81. The fourth-order valence-corrected chi connectivity index (χ4v) is 2.88. The van der Waals surface area contributed by atoms with E-state index in [0.29, 0.717) is 11.7 Å². The van der Waals surface area contributed by atoms with Crippen LogP contribution in [0, 0.1) is 6.92 Å². The van der Waals surface area contributed by atoms with Gasteiger partial charge in [0.15, 0.2) is 5.13 Å². The van der Waals surface area contributed by atoms with Crippen molar-refractivity contribution in [2.45, 2.75) is 13.5 Å². The van der Waals surface area contributed by atoms with E-state index >= 15 is 0 Å². The van der Waals surface area contributed by atoms with Crippen LogP contribution >= 0.6 is 11.3 Å².